The highest BCUT2D eigenvalue weighted by Crippen LogP contribution is 2.11. The summed E-state index contributed by atoms with van der Waals surface area (Å²) in [6.45, 7) is 2.98. The summed E-state index contributed by atoms with van der Waals surface area (Å²) in [5.74, 6) is 0.0976. The lowest BCUT2D eigenvalue weighted by Gasteiger charge is -2.32. The number of aliphatic hydroxyl groups excluding tert-OH is 1. The third-order valence-corrected chi connectivity index (χ3v) is 2.80. The summed E-state index contributed by atoms with van der Waals surface area (Å²) in [5, 5.41) is 11.5. The summed E-state index contributed by atoms with van der Waals surface area (Å²) in [5.41, 5.74) is 0. The molecule has 0 spiro atoms. The van der Waals surface area contributed by atoms with Crippen LogP contribution in [-0.4, -0.2) is 47.6 Å². The van der Waals surface area contributed by atoms with E-state index in [1.807, 2.05) is 4.90 Å². The van der Waals surface area contributed by atoms with Crippen LogP contribution in [-0.2, 0) is 9.59 Å². The van der Waals surface area contributed by atoms with Gasteiger partial charge in [-0.3, -0.25) is 9.59 Å². The first kappa shape index (κ1) is 13.0. The number of amides is 2. The third-order valence-electron chi connectivity index (χ3n) is 2.80. The summed E-state index contributed by atoms with van der Waals surface area (Å²) < 4.78 is 0. The van der Waals surface area contributed by atoms with Crippen LogP contribution < -0.4 is 5.32 Å². The average Bonchev–Trinajstić information content (AvgIpc) is 2.26. The molecule has 0 saturated carbocycles. The van der Waals surface area contributed by atoms with Crippen LogP contribution in [0.3, 0.4) is 0 Å². The SMILES string of the molecule is CC(=O)NC1CCN(C(=O)CCCO)CC1. The van der Waals surface area contributed by atoms with E-state index in [1.165, 1.54) is 6.92 Å². The minimum Gasteiger partial charge on any atom is -0.396 e. The maximum absolute atomic E-state index is 11.6. The van der Waals surface area contributed by atoms with Gasteiger partial charge in [0.05, 0.1) is 0 Å². The molecule has 5 nitrogen and oxygen atoms in total. The number of hydrogen-bond acceptors (Lipinski definition) is 3. The molecule has 0 aromatic heterocycles. The van der Waals surface area contributed by atoms with Crippen molar-refractivity contribution in [2.75, 3.05) is 19.7 Å². The van der Waals surface area contributed by atoms with Crippen molar-refractivity contribution in [3.05, 3.63) is 0 Å². The lowest BCUT2D eigenvalue weighted by molar-refractivity contribution is -0.132. The van der Waals surface area contributed by atoms with Crippen LogP contribution in [0.2, 0.25) is 0 Å². The second-order valence-electron chi connectivity index (χ2n) is 4.18. The molecule has 1 aliphatic rings. The molecule has 1 rings (SSSR count). The van der Waals surface area contributed by atoms with Gasteiger partial charge in [0.2, 0.25) is 11.8 Å². The highest BCUT2D eigenvalue weighted by molar-refractivity contribution is 5.76. The zero-order valence-electron chi connectivity index (χ0n) is 9.74. The van der Waals surface area contributed by atoms with Gasteiger partial charge in [0.25, 0.3) is 0 Å². The Hall–Kier alpha value is -1.10. The molecule has 0 unspecified atom stereocenters. The standard InChI is InChI=1S/C11H20N2O3/c1-9(15)12-10-4-6-13(7-5-10)11(16)3-2-8-14/h10,14H,2-8H2,1H3,(H,12,15). The molecular weight excluding hydrogens is 208 g/mol. The van der Waals surface area contributed by atoms with Gasteiger partial charge in [0.1, 0.15) is 0 Å². The van der Waals surface area contributed by atoms with Gasteiger partial charge in [-0.05, 0) is 19.3 Å². The van der Waals surface area contributed by atoms with Crippen molar-refractivity contribution in [1.82, 2.24) is 10.2 Å². The monoisotopic (exact) mass is 228 g/mol. The largest absolute Gasteiger partial charge is 0.396 e. The molecule has 16 heavy (non-hydrogen) atoms. The van der Waals surface area contributed by atoms with Gasteiger partial charge < -0.3 is 15.3 Å². The molecular formula is C11H20N2O3. The lowest BCUT2D eigenvalue weighted by Crippen LogP contribution is -2.46. The molecule has 0 atom stereocenters. The average molecular weight is 228 g/mol. The van der Waals surface area contributed by atoms with Crippen LogP contribution in [0, 0.1) is 0 Å². The quantitative estimate of drug-likeness (QED) is 0.705. The predicted molar refractivity (Wildman–Crippen MR) is 59.7 cm³/mol. The van der Waals surface area contributed by atoms with Crippen molar-refractivity contribution in [3.8, 4) is 0 Å². The number of piperidine rings is 1. The van der Waals surface area contributed by atoms with Crippen LogP contribution in [0.4, 0.5) is 0 Å². The van der Waals surface area contributed by atoms with E-state index < -0.39 is 0 Å². The molecule has 5 heteroatoms. The Bertz CT molecular complexity index is 248. The fourth-order valence-corrected chi connectivity index (χ4v) is 1.95. The Morgan fingerprint density at radius 1 is 1.38 bits per heavy atom. The van der Waals surface area contributed by atoms with Crippen LogP contribution >= 0.6 is 0 Å². The van der Waals surface area contributed by atoms with Gasteiger partial charge in [-0.15, -0.1) is 0 Å². The van der Waals surface area contributed by atoms with E-state index in [4.69, 9.17) is 5.11 Å². The summed E-state index contributed by atoms with van der Waals surface area (Å²) >= 11 is 0. The fraction of sp³-hybridized carbons (Fsp3) is 0.818. The fourth-order valence-electron chi connectivity index (χ4n) is 1.95. The Morgan fingerprint density at radius 3 is 2.50 bits per heavy atom. The number of hydrogen-bond donors (Lipinski definition) is 2. The molecule has 92 valence electrons. The molecule has 0 radical (unpaired) electrons. The number of carbonyl (C=O) groups is 2. The van der Waals surface area contributed by atoms with Crippen molar-refractivity contribution in [2.45, 2.75) is 38.6 Å². The van der Waals surface area contributed by atoms with Crippen molar-refractivity contribution < 1.29 is 14.7 Å². The van der Waals surface area contributed by atoms with Crippen molar-refractivity contribution in [1.29, 1.82) is 0 Å². The Balaban J connectivity index is 2.25. The molecule has 2 amide bonds. The third kappa shape index (κ3) is 4.18. The molecule has 0 bridgehead atoms. The van der Waals surface area contributed by atoms with E-state index in [0.717, 1.165) is 12.8 Å². The number of aliphatic hydroxyl groups is 1. The Labute approximate surface area is 95.8 Å². The maximum Gasteiger partial charge on any atom is 0.222 e. The molecule has 1 aliphatic heterocycles. The number of nitrogens with zero attached hydrogens (tertiary/aromatic N) is 1. The van der Waals surface area contributed by atoms with E-state index in [0.29, 0.717) is 25.9 Å². The number of nitrogens with one attached hydrogen (secondary N) is 1. The Kier molecular flexibility index (Phi) is 5.25. The summed E-state index contributed by atoms with van der Waals surface area (Å²) in [6, 6.07) is 0.208. The second kappa shape index (κ2) is 6.48. The number of rotatable bonds is 4. The van der Waals surface area contributed by atoms with Crippen molar-refractivity contribution >= 4 is 11.8 Å². The van der Waals surface area contributed by atoms with E-state index in [1.54, 1.807) is 0 Å². The first-order valence-electron chi connectivity index (χ1n) is 5.79. The van der Waals surface area contributed by atoms with Gasteiger partial charge in [0, 0.05) is 39.1 Å². The number of carbonyl (C=O) groups excluding carboxylic acids is 2. The molecule has 2 N–H and O–H groups in total. The first-order chi connectivity index (χ1) is 7.63. The van der Waals surface area contributed by atoms with Crippen LogP contribution in [0.25, 0.3) is 0 Å². The molecule has 1 saturated heterocycles. The zero-order valence-corrected chi connectivity index (χ0v) is 9.74. The van der Waals surface area contributed by atoms with E-state index in [9.17, 15) is 9.59 Å². The van der Waals surface area contributed by atoms with Gasteiger partial charge in [-0.2, -0.15) is 0 Å². The molecule has 1 heterocycles. The van der Waals surface area contributed by atoms with Crippen LogP contribution in [0.5, 0.6) is 0 Å². The number of likely N-dealkylation sites (tertiary alicyclic amines) is 1. The van der Waals surface area contributed by atoms with E-state index in [2.05, 4.69) is 5.32 Å². The van der Waals surface area contributed by atoms with Gasteiger partial charge in [-0.25, -0.2) is 0 Å². The van der Waals surface area contributed by atoms with Crippen LogP contribution in [0.15, 0.2) is 0 Å². The van der Waals surface area contributed by atoms with E-state index in [-0.39, 0.29) is 24.5 Å². The summed E-state index contributed by atoms with van der Waals surface area (Å²) in [7, 11) is 0. The second-order valence-corrected chi connectivity index (χ2v) is 4.18. The summed E-state index contributed by atoms with van der Waals surface area (Å²) in [6.07, 6.45) is 2.60. The Morgan fingerprint density at radius 2 is 2.00 bits per heavy atom. The van der Waals surface area contributed by atoms with Crippen molar-refractivity contribution in [2.24, 2.45) is 0 Å². The lowest BCUT2D eigenvalue weighted by atomic mass is 10.0. The zero-order chi connectivity index (χ0) is 12.0. The minimum atomic E-state index is -0.00921. The van der Waals surface area contributed by atoms with E-state index >= 15 is 0 Å². The topological polar surface area (TPSA) is 69.6 Å². The first-order valence-corrected chi connectivity index (χ1v) is 5.79. The normalized spacial score (nSPS) is 17.2. The minimum absolute atomic E-state index is 0.00921. The molecule has 0 aromatic rings. The molecule has 1 fully saturated rings. The van der Waals surface area contributed by atoms with Gasteiger partial charge >= 0.3 is 0 Å². The van der Waals surface area contributed by atoms with Gasteiger partial charge in [-0.1, -0.05) is 0 Å². The van der Waals surface area contributed by atoms with Crippen molar-refractivity contribution in [3.63, 3.8) is 0 Å². The molecule has 0 aliphatic carbocycles. The molecule has 0 aromatic carbocycles. The van der Waals surface area contributed by atoms with Crippen LogP contribution in [0.1, 0.15) is 32.6 Å². The maximum atomic E-state index is 11.6. The highest BCUT2D eigenvalue weighted by Gasteiger charge is 2.22. The predicted octanol–water partition coefficient (Wildman–Crippen LogP) is -0.114. The summed E-state index contributed by atoms with van der Waals surface area (Å²) in [4.78, 5) is 24.3. The highest BCUT2D eigenvalue weighted by atomic mass is 16.3. The van der Waals surface area contributed by atoms with Gasteiger partial charge in [0.15, 0.2) is 0 Å². The smallest absolute Gasteiger partial charge is 0.222 e.